The van der Waals surface area contributed by atoms with E-state index in [1.165, 1.54) is 6.08 Å². The summed E-state index contributed by atoms with van der Waals surface area (Å²) in [7, 11) is 0. The highest BCUT2D eigenvalue weighted by molar-refractivity contribution is 5.67. The van der Waals surface area contributed by atoms with E-state index < -0.39 is 17.0 Å². The zero-order valence-electron chi connectivity index (χ0n) is 11.8. The van der Waals surface area contributed by atoms with Gasteiger partial charge in [0.25, 0.3) is 0 Å². The number of aliphatic hydroxyl groups is 2. The van der Waals surface area contributed by atoms with Crippen LogP contribution in [0.5, 0.6) is 0 Å². The fourth-order valence-corrected chi connectivity index (χ4v) is 2.35. The van der Waals surface area contributed by atoms with Crippen LogP contribution in [-0.4, -0.2) is 26.9 Å². The predicted molar refractivity (Wildman–Crippen MR) is 73.8 cm³/mol. The van der Waals surface area contributed by atoms with Gasteiger partial charge < -0.3 is 15.3 Å². The average molecular weight is 266 g/mol. The topological polar surface area (TPSA) is 77.8 Å². The van der Waals surface area contributed by atoms with Gasteiger partial charge in [0.05, 0.1) is 6.42 Å². The molecule has 0 fully saturated rings. The van der Waals surface area contributed by atoms with Crippen LogP contribution in [0.25, 0.3) is 0 Å². The molecule has 0 unspecified atom stereocenters. The number of allylic oxidation sites excluding steroid dienone is 2. The lowest BCUT2D eigenvalue weighted by molar-refractivity contribution is -0.137. The zero-order chi connectivity index (χ0) is 14.8. The third kappa shape index (κ3) is 3.26. The minimum Gasteiger partial charge on any atom is -0.508 e. The van der Waals surface area contributed by atoms with E-state index in [0.717, 1.165) is 0 Å². The molecule has 4 heteroatoms. The van der Waals surface area contributed by atoms with Gasteiger partial charge in [-0.3, -0.25) is 4.79 Å². The summed E-state index contributed by atoms with van der Waals surface area (Å²) in [4.78, 5) is 10.6. The van der Waals surface area contributed by atoms with E-state index >= 15 is 0 Å². The molecule has 0 aromatic carbocycles. The van der Waals surface area contributed by atoms with Crippen LogP contribution in [0.4, 0.5) is 0 Å². The number of hydrogen-bond acceptors (Lipinski definition) is 3. The Morgan fingerprint density at radius 2 is 2.05 bits per heavy atom. The Kier molecular flexibility index (Phi) is 4.25. The predicted octanol–water partition coefficient (Wildman–Crippen LogP) is 2.81. The molecule has 0 aromatic heterocycles. The molecule has 0 bridgehead atoms. The second-order valence-corrected chi connectivity index (χ2v) is 5.82. The van der Waals surface area contributed by atoms with Crippen molar-refractivity contribution >= 4 is 5.97 Å². The van der Waals surface area contributed by atoms with Crippen LogP contribution >= 0.6 is 0 Å². The number of aliphatic hydroxyl groups excluding tert-OH is 1. The van der Waals surface area contributed by atoms with Crippen molar-refractivity contribution in [3.63, 3.8) is 0 Å². The molecule has 0 spiro atoms. The first-order valence-corrected chi connectivity index (χ1v) is 6.32. The number of carboxylic acid groups (broad SMARTS) is 1. The van der Waals surface area contributed by atoms with Crippen molar-refractivity contribution in [2.24, 2.45) is 11.3 Å². The molecule has 19 heavy (non-hydrogen) atoms. The molecule has 0 radical (unpaired) electrons. The Morgan fingerprint density at radius 3 is 2.53 bits per heavy atom. The van der Waals surface area contributed by atoms with E-state index in [-0.39, 0.29) is 18.1 Å². The Morgan fingerprint density at radius 1 is 1.47 bits per heavy atom. The Labute approximate surface area is 113 Å². The molecule has 4 nitrogen and oxygen atoms in total. The molecule has 0 heterocycles. The Hall–Kier alpha value is -1.55. The molecule has 2 atom stereocenters. The number of carbonyl (C=O) groups is 1. The fraction of sp³-hybridized carbons (Fsp3) is 0.533. The van der Waals surface area contributed by atoms with Gasteiger partial charge in [0.2, 0.25) is 0 Å². The zero-order valence-corrected chi connectivity index (χ0v) is 11.8. The van der Waals surface area contributed by atoms with Crippen molar-refractivity contribution in [1.29, 1.82) is 0 Å². The molecule has 0 saturated carbocycles. The average Bonchev–Trinajstić information content (AvgIpc) is 2.21. The van der Waals surface area contributed by atoms with Gasteiger partial charge in [0.15, 0.2) is 0 Å². The summed E-state index contributed by atoms with van der Waals surface area (Å²) in [6.45, 7) is 7.19. The first-order valence-electron chi connectivity index (χ1n) is 6.32. The van der Waals surface area contributed by atoms with E-state index in [4.69, 9.17) is 5.11 Å². The highest BCUT2D eigenvalue weighted by atomic mass is 16.4. The highest BCUT2D eigenvalue weighted by Gasteiger charge is 2.43. The molecule has 106 valence electrons. The molecule has 0 amide bonds. The molecule has 3 N–H and O–H groups in total. The fourth-order valence-electron chi connectivity index (χ4n) is 2.35. The minimum absolute atomic E-state index is 0.0247. The largest absolute Gasteiger partial charge is 0.508 e. The molecule has 0 aliphatic heterocycles. The van der Waals surface area contributed by atoms with E-state index in [2.05, 4.69) is 0 Å². The van der Waals surface area contributed by atoms with E-state index in [0.29, 0.717) is 5.57 Å². The molecule has 0 aromatic rings. The number of hydrogen-bond donors (Lipinski definition) is 3. The maximum absolute atomic E-state index is 10.8. The monoisotopic (exact) mass is 266 g/mol. The van der Waals surface area contributed by atoms with Crippen LogP contribution in [0.2, 0.25) is 0 Å². The van der Waals surface area contributed by atoms with Crippen LogP contribution in [0.3, 0.4) is 0 Å². The molecular weight excluding hydrogens is 244 g/mol. The normalized spacial score (nSPS) is 27.8. The SMILES string of the molecule is CC1=CC(O)=CC(C)(C)[C@@]1(O)/C=C/[C@@H](C)CC(=O)O. The summed E-state index contributed by atoms with van der Waals surface area (Å²) in [6.07, 6.45) is 6.50. The lowest BCUT2D eigenvalue weighted by atomic mass is 9.67. The summed E-state index contributed by atoms with van der Waals surface area (Å²) < 4.78 is 0. The second kappa shape index (κ2) is 5.21. The Bertz CT molecular complexity index is 457. The van der Waals surface area contributed by atoms with Crippen LogP contribution in [0.15, 0.2) is 35.6 Å². The molecule has 0 saturated heterocycles. The lowest BCUT2D eigenvalue weighted by Crippen LogP contribution is -2.44. The van der Waals surface area contributed by atoms with E-state index in [1.807, 2.05) is 13.8 Å². The van der Waals surface area contributed by atoms with Crippen LogP contribution in [-0.2, 0) is 4.79 Å². The molecule has 1 aliphatic carbocycles. The van der Waals surface area contributed by atoms with Gasteiger partial charge in [0, 0.05) is 5.41 Å². The van der Waals surface area contributed by atoms with Gasteiger partial charge >= 0.3 is 5.97 Å². The summed E-state index contributed by atoms with van der Waals surface area (Å²) in [5.41, 5.74) is -1.24. The van der Waals surface area contributed by atoms with Crippen molar-refractivity contribution in [1.82, 2.24) is 0 Å². The number of carboxylic acids is 1. The maximum atomic E-state index is 10.8. The van der Waals surface area contributed by atoms with Crippen molar-refractivity contribution in [2.45, 2.75) is 39.7 Å². The lowest BCUT2D eigenvalue weighted by Gasteiger charge is -2.42. The third-order valence-electron chi connectivity index (χ3n) is 3.62. The summed E-state index contributed by atoms with van der Waals surface area (Å²) in [5, 5.41) is 29.1. The number of rotatable bonds is 4. The standard InChI is InChI=1S/C15H22O4/c1-10(7-13(17)18)5-6-15(19)11(2)8-12(16)9-14(15,3)4/h5-6,8-10,16,19H,7H2,1-4H3,(H,17,18)/b6-5+/t10-,15-/m1/s1. The van der Waals surface area contributed by atoms with Gasteiger partial charge in [0.1, 0.15) is 11.4 Å². The van der Waals surface area contributed by atoms with Crippen LogP contribution in [0, 0.1) is 11.3 Å². The molecule has 1 rings (SSSR count). The molecule has 1 aliphatic rings. The van der Waals surface area contributed by atoms with Crippen LogP contribution < -0.4 is 0 Å². The van der Waals surface area contributed by atoms with Crippen molar-refractivity contribution in [2.75, 3.05) is 0 Å². The first-order chi connectivity index (χ1) is 8.58. The van der Waals surface area contributed by atoms with Gasteiger partial charge in [-0.2, -0.15) is 0 Å². The smallest absolute Gasteiger partial charge is 0.303 e. The molecular formula is C15H22O4. The van der Waals surface area contributed by atoms with E-state index in [9.17, 15) is 15.0 Å². The second-order valence-electron chi connectivity index (χ2n) is 5.82. The summed E-state index contributed by atoms with van der Waals surface area (Å²) >= 11 is 0. The van der Waals surface area contributed by atoms with Gasteiger partial charge in [-0.05, 0) is 30.6 Å². The summed E-state index contributed by atoms with van der Waals surface area (Å²) in [6, 6.07) is 0. The van der Waals surface area contributed by atoms with Gasteiger partial charge in [-0.1, -0.05) is 32.9 Å². The van der Waals surface area contributed by atoms with Gasteiger partial charge in [-0.15, -0.1) is 0 Å². The third-order valence-corrected chi connectivity index (χ3v) is 3.62. The van der Waals surface area contributed by atoms with E-state index in [1.54, 1.807) is 32.1 Å². The van der Waals surface area contributed by atoms with Crippen molar-refractivity contribution in [3.8, 4) is 0 Å². The maximum Gasteiger partial charge on any atom is 0.303 e. The van der Waals surface area contributed by atoms with Crippen molar-refractivity contribution in [3.05, 3.63) is 35.6 Å². The summed E-state index contributed by atoms with van der Waals surface area (Å²) in [5.74, 6) is -0.888. The quantitative estimate of drug-likeness (QED) is 0.684. The number of aliphatic carboxylic acids is 1. The van der Waals surface area contributed by atoms with Crippen molar-refractivity contribution < 1.29 is 20.1 Å². The Balaban J connectivity index is 3.00. The van der Waals surface area contributed by atoms with Crippen LogP contribution in [0.1, 0.15) is 34.1 Å². The van der Waals surface area contributed by atoms with Gasteiger partial charge in [-0.25, -0.2) is 0 Å². The highest BCUT2D eigenvalue weighted by Crippen LogP contribution is 2.43. The first kappa shape index (κ1) is 15.5. The minimum atomic E-state index is -1.22.